The van der Waals surface area contributed by atoms with Crippen molar-refractivity contribution in [3.63, 3.8) is 0 Å². The fraction of sp³-hybridized carbons (Fsp3) is 0.385. The maximum absolute atomic E-state index is 11.5. The van der Waals surface area contributed by atoms with E-state index in [0.29, 0.717) is 23.1 Å². The van der Waals surface area contributed by atoms with E-state index >= 15 is 0 Å². The third-order valence-corrected chi connectivity index (χ3v) is 3.32. The minimum atomic E-state index is -0.403. The van der Waals surface area contributed by atoms with Gasteiger partial charge in [0.1, 0.15) is 0 Å². The molecule has 1 aromatic carbocycles. The number of aryl methyl sites for hydroxylation is 1. The first-order valence-corrected chi connectivity index (χ1v) is 6.40. The van der Waals surface area contributed by atoms with E-state index in [-0.39, 0.29) is 12.4 Å². The van der Waals surface area contributed by atoms with Gasteiger partial charge in [0.15, 0.2) is 0 Å². The number of carbonyl (C=O) groups is 2. The number of halogens is 1. The number of hydrogen-bond donors (Lipinski definition) is 0. The predicted octanol–water partition coefficient (Wildman–Crippen LogP) is 2.73. The van der Waals surface area contributed by atoms with Crippen LogP contribution in [0.3, 0.4) is 0 Å². The normalized spacial score (nSPS) is 9.94. The maximum Gasteiger partial charge on any atom is 0.339 e. The standard InChI is InChI=1S/C13H15BrO4/c1-3-18-11(15)8-7-9-5-4-6-10(12(9)14)13(16)17-2/h4-6H,3,7-8H2,1-2H3. The van der Waals surface area contributed by atoms with Gasteiger partial charge >= 0.3 is 11.9 Å². The molecule has 1 rings (SSSR count). The molecule has 5 heteroatoms. The highest BCUT2D eigenvalue weighted by Gasteiger charge is 2.13. The fourth-order valence-corrected chi connectivity index (χ4v) is 2.13. The lowest BCUT2D eigenvalue weighted by atomic mass is 10.1. The highest BCUT2D eigenvalue weighted by atomic mass is 79.9. The second kappa shape index (κ2) is 7.16. The molecule has 0 saturated carbocycles. The number of rotatable bonds is 5. The maximum atomic E-state index is 11.5. The SMILES string of the molecule is CCOC(=O)CCc1cccc(C(=O)OC)c1Br. The van der Waals surface area contributed by atoms with Gasteiger partial charge < -0.3 is 9.47 Å². The van der Waals surface area contributed by atoms with Gasteiger partial charge in [-0.2, -0.15) is 0 Å². The molecule has 0 amide bonds. The molecule has 0 radical (unpaired) electrons. The molecule has 0 aliphatic rings. The van der Waals surface area contributed by atoms with Crippen molar-refractivity contribution < 1.29 is 19.1 Å². The van der Waals surface area contributed by atoms with Crippen LogP contribution in [0.4, 0.5) is 0 Å². The Balaban J connectivity index is 2.78. The zero-order valence-electron chi connectivity index (χ0n) is 10.4. The predicted molar refractivity (Wildman–Crippen MR) is 70.4 cm³/mol. The van der Waals surface area contributed by atoms with Crippen LogP contribution >= 0.6 is 15.9 Å². The average molecular weight is 315 g/mol. The number of esters is 2. The van der Waals surface area contributed by atoms with E-state index in [1.165, 1.54) is 7.11 Å². The van der Waals surface area contributed by atoms with Gasteiger partial charge in [0.05, 0.1) is 19.3 Å². The van der Waals surface area contributed by atoms with E-state index in [1.807, 2.05) is 6.07 Å². The van der Waals surface area contributed by atoms with E-state index in [1.54, 1.807) is 19.1 Å². The summed E-state index contributed by atoms with van der Waals surface area (Å²) in [6.45, 7) is 2.15. The Morgan fingerprint density at radius 3 is 2.67 bits per heavy atom. The molecule has 0 bridgehead atoms. The summed E-state index contributed by atoms with van der Waals surface area (Å²) in [5, 5.41) is 0. The molecule has 0 atom stereocenters. The molecule has 0 aliphatic heterocycles. The van der Waals surface area contributed by atoms with Crippen molar-refractivity contribution in [1.82, 2.24) is 0 Å². The van der Waals surface area contributed by atoms with Gasteiger partial charge in [0.25, 0.3) is 0 Å². The average Bonchev–Trinajstić information content (AvgIpc) is 2.37. The van der Waals surface area contributed by atoms with Crippen LogP contribution in [0, 0.1) is 0 Å². The van der Waals surface area contributed by atoms with Crippen LogP contribution in [0.2, 0.25) is 0 Å². The van der Waals surface area contributed by atoms with Crippen molar-refractivity contribution in [2.24, 2.45) is 0 Å². The van der Waals surface area contributed by atoms with Gasteiger partial charge in [0.2, 0.25) is 0 Å². The van der Waals surface area contributed by atoms with E-state index in [4.69, 9.17) is 4.74 Å². The number of methoxy groups -OCH3 is 1. The summed E-state index contributed by atoms with van der Waals surface area (Å²) in [7, 11) is 1.33. The van der Waals surface area contributed by atoms with Crippen molar-refractivity contribution in [1.29, 1.82) is 0 Å². The van der Waals surface area contributed by atoms with Crippen LogP contribution in [0.1, 0.15) is 29.3 Å². The summed E-state index contributed by atoms with van der Waals surface area (Å²) in [4.78, 5) is 22.8. The van der Waals surface area contributed by atoms with E-state index in [2.05, 4.69) is 20.7 Å². The molecule has 0 spiro atoms. The number of hydrogen-bond acceptors (Lipinski definition) is 4. The topological polar surface area (TPSA) is 52.6 Å². The summed E-state index contributed by atoms with van der Waals surface area (Å²) in [5.41, 5.74) is 1.34. The highest BCUT2D eigenvalue weighted by molar-refractivity contribution is 9.10. The Labute approximate surface area is 114 Å². The van der Waals surface area contributed by atoms with Crippen LogP contribution in [0.25, 0.3) is 0 Å². The molecule has 0 aliphatic carbocycles. The molecule has 0 unspecified atom stereocenters. The van der Waals surface area contributed by atoms with Gasteiger partial charge in [0, 0.05) is 10.9 Å². The Bertz CT molecular complexity index is 443. The van der Waals surface area contributed by atoms with E-state index < -0.39 is 5.97 Å². The van der Waals surface area contributed by atoms with Gasteiger partial charge in [-0.15, -0.1) is 0 Å². The van der Waals surface area contributed by atoms with Crippen molar-refractivity contribution >= 4 is 27.9 Å². The largest absolute Gasteiger partial charge is 0.466 e. The molecule has 0 heterocycles. The zero-order chi connectivity index (χ0) is 13.5. The van der Waals surface area contributed by atoms with Gasteiger partial charge in [-0.3, -0.25) is 4.79 Å². The van der Waals surface area contributed by atoms with Crippen molar-refractivity contribution in [3.8, 4) is 0 Å². The van der Waals surface area contributed by atoms with Gasteiger partial charge in [-0.1, -0.05) is 12.1 Å². The number of carbonyl (C=O) groups excluding carboxylic acids is 2. The quantitative estimate of drug-likeness (QED) is 0.784. The highest BCUT2D eigenvalue weighted by Crippen LogP contribution is 2.23. The van der Waals surface area contributed by atoms with Crippen LogP contribution in [0.15, 0.2) is 22.7 Å². The molecule has 0 fully saturated rings. The Morgan fingerprint density at radius 1 is 1.33 bits per heavy atom. The monoisotopic (exact) mass is 314 g/mol. The van der Waals surface area contributed by atoms with Crippen molar-refractivity contribution in [3.05, 3.63) is 33.8 Å². The number of benzene rings is 1. The molecule has 0 aromatic heterocycles. The molecular formula is C13H15BrO4. The molecule has 0 N–H and O–H groups in total. The first kappa shape index (κ1) is 14.7. The Hall–Kier alpha value is -1.36. The smallest absolute Gasteiger partial charge is 0.339 e. The minimum absolute atomic E-state index is 0.243. The molecule has 1 aromatic rings. The van der Waals surface area contributed by atoms with Crippen LogP contribution in [-0.4, -0.2) is 25.7 Å². The molecule has 4 nitrogen and oxygen atoms in total. The summed E-state index contributed by atoms with van der Waals surface area (Å²) < 4.78 is 10.2. The van der Waals surface area contributed by atoms with Gasteiger partial charge in [-0.05, 0) is 40.9 Å². The third kappa shape index (κ3) is 3.84. The van der Waals surface area contributed by atoms with Crippen LogP contribution < -0.4 is 0 Å². The Morgan fingerprint density at radius 2 is 2.06 bits per heavy atom. The summed E-state index contributed by atoms with van der Waals surface area (Å²) in [6, 6.07) is 5.29. The van der Waals surface area contributed by atoms with Crippen molar-refractivity contribution in [2.75, 3.05) is 13.7 Å². The van der Waals surface area contributed by atoms with E-state index in [0.717, 1.165) is 5.56 Å². The van der Waals surface area contributed by atoms with Gasteiger partial charge in [-0.25, -0.2) is 4.79 Å². The minimum Gasteiger partial charge on any atom is -0.466 e. The lowest BCUT2D eigenvalue weighted by molar-refractivity contribution is -0.143. The summed E-state index contributed by atoms with van der Waals surface area (Å²) in [6.07, 6.45) is 0.807. The first-order valence-electron chi connectivity index (χ1n) is 5.61. The Kier molecular flexibility index (Phi) is 5.85. The van der Waals surface area contributed by atoms with E-state index in [9.17, 15) is 9.59 Å². The second-order valence-corrected chi connectivity index (χ2v) is 4.37. The molecular weight excluding hydrogens is 300 g/mol. The van der Waals surface area contributed by atoms with Crippen LogP contribution in [0.5, 0.6) is 0 Å². The molecule has 0 saturated heterocycles. The first-order chi connectivity index (χ1) is 8.60. The lowest BCUT2D eigenvalue weighted by Crippen LogP contribution is -2.07. The molecule has 98 valence electrons. The lowest BCUT2D eigenvalue weighted by Gasteiger charge is -2.08. The van der Waals surface area contributed by atoms with Crippen LogP contribution in [-0.2, 0) is 20.7 Å². The zero-order valence-corrected chi connectivity index (χ0v) is 12.0. The second-order valence-electron chi connectivity index (χ2n) is 3.58. The summed E-state index contributed by atoms with van der Waals surface area (Å²) in [5.74, 6) is -0.646. The third-order valence-electron chi connectivity index (χ3n) is 2.39. The fourth-order valence-electron chi connectivity index (χ4n) is 1.51. The summed E-state index contributed by atoms with van der Waals surface area (Å²) >= 11 is 3.36. The van der Waals surface area contributed by atoms with Crippen molar-refractivity contribution in [2.45, 2.75) is 19.8 Å². The number of ether oxygens (including phenoxy) is 2. The molecule has 18 heavy (non-hydrogen) atoms.